The fourth-order valence-corrected chi connectivity index (χ4v) is 3.58. The predicted molar refractivity (Wildman–Crippen MR) is 76.6 cm³/mol. The highest BCUT2D eigenvalue weighted by Gasteiger charge is 2.56. The van der Waals surface area contributed by atoms with Gasteiger partial charge < -0.3 is 20.7 Å². The number of aliphatic imine (C=N–C) groups is 1. The Hall–Kier alpha value is -1.74. The molecule has 1 fully saturated rings. The van der Waals surface area contributed by atoms with Gasteiger partial charge in [-0.05, 0) is 6.92 Å². The smallest absolute Gasteiger partial charge is 0.449 e. The number of hydrogen-bond acceptors (Lipinski definition) is 6. The monoisotopic (exact) mass is 315 g/mol. The van der Waals surface area contributed by atoms with E-state index in [4.69, 9.17) is 15.6 Å². The number of aliphatic hydroxyl groups excluding tert-OH is 1. The van der Waals surface area contributed by atoms with Crippen molar-refractivity contribution in [3.63, 3.8) is 0 Å². The predicted octanol–water partition coefficient (Wildman–Crippen LogP) is 0.182. The number of nitrogens with zero attached hydrogens (tertiary/aromatic N) is 2. The van der Waals surface area contributed by atoms with Crippen LogP contribution in [0.25, 0.3) is 0 Å². The van der Waals surface area contributed by atoms with Crippen LogP contribution in [0.4, 0.5) is 4.79 Å². The molecule has 0 spiro atoms. The van der Waals surface area contributed by atoms with Gasteiger partial charge in [-0.15, -0.1) is 11.8 Å². The van der Waals surface area contributed by atoms with Crippen molar-refractivity contribution < 1.29 is 24.5 Å². The van der Waals surface area contributed by atoms with E-state index in [1.165, 1.54) is 23.0 Å². The normalized spacial score (nSPS) is 26.0. The maximum atomic E-state index is 12.0. The second-order valence-electron chi connectivity index (χ2n) is 4.75. The minimum atomic E-state index is -1.46. The second kappa shape index (κ2) is 6.35. The Bertz CT molecular complexity index is 505. The SMILES string of the molecule is CC(O)[C@H]1C(=O)N2C(OC(=O)O)=C(SCCN=CN)C[C@H]12. The molecule has 2 heterocycles. The first-order chi connectivity index (χ1) is 9.97. The van der Waals surface area contributed by atoms with Gasteiger partial charge in [0.05, 0.1) is 30.9 Å². The summed E-state index contributed by atoms with van der Waals surface area (Å²) in [5, 5.41) is 18.4. The number of carbonyl (C=O) groups is 2. The molecule has 2 rings (SSSR count). The minimum absolute atomic E-state index is 0.0659. The third-order valence-electron chi connectivity index (χ3n) is 3.43. The molecule has 0 aromatic carbocycles. The first-order valence-corrected chi connectivity index (χ1v) is 7.43. The summed E-state index contributed by atoms with van der Waals surface area (Å²) in [6, 6.07) is -0.229. The van der Waals surface area contributed by atoms with E-state index in [1.54, 1.807) is 6.92 Å². The minimum Gasteiger partial charge on any atom is -0.449 e. The van der Waals surface area contributed by atoms with Crippen molar-refractivity contribution in [2.45, 2.75) is 25.5 Å². The highest BCUT2D eigenvalue weighted by Crippen LogP contribution is 2.47. The molecule has 2 aliphatic heterocycles. The van der Waals surface area contributed by atoms with Crippen LogP contribution >= 0.6 is 11.8 Å². The van der Waals surface area contributed by atoms with Crippen LogP contribution in [0.2, 0.25) is 0 Å². The molecule has 4 N–H and O–H groups in total. The molecule has 8 nitrogen and oxygen atoms in total. The summed E-state index contributed by atoms with van der Waals surface area (Å²) in [5.41, 5.74) is 5.14. The molecule has 116 valence electrons. The van der Waals surface area contributed by atoms with Crippen LogP contribution < -0.4 is 5.73 Å². The van der Waals surface area contributed by atoms with E-state index in [0.29, 0.717) is 23.6 Å². The largest absolute Gasteiger partial charge is 0.512 e. The third kappa shape index (κ3) is 2.98. The number of carboxylic acid groups (broad SMARTS) is 1. The number of aliphatic hydroxyl groups is 1. The lowest BCUT2D eigenvalue weighted by atomic mass is 9.84. The Morgan fingerprint density at radius 1 is 1.71 bits per heavy atom. The second-order valence-corrected chi connectivity index (χ2v) is 5.94. The molecule has 3 atom stereocenters. The van der Waals surface area contributed by atoms with E-state index >= 15 is 0 Å². The fraction of sp³-hybridized carbons (Fsp3) is 0.583. The molecule has 0 saturated carbocycles. The molecule has 9 heteroatoms. The number of nitrogens with two attached hydrogens (primary N) is 1. The van der Waals surface area contributed by atoms with Gasteiger partial charge in [0.25, 0.3) is 0 Å². The van der Waals surface area contributed by atoms with Gasteiger partial charge in [0.1, 0.15) is 0 Å². The number of hydrogen-bond donors (Lipinski definition) is 3. The first kappa shape index (κ1) is 15.6. The third-order valence-corrected chi connectivity index (χ3v) is 4.50. The molecule has 0 aliphatic carbocycles. The number of fused-ring (bicyclic) bond motifs is 1. The highest BCUT2D eigenvalue weighted by atomic mass is 32.2. The van der Waals surface area contributed by atoms with Crippen molar-refractivity contribution >= 4 is 30.2 Å². The Morgan fingerprint density at radius 3 is 3.00 bits per heavy atom. The van der Waals surface area contributed by atoms with Crippen LogP contribution in [0.1, 0.15) is 13.3 Å². The van der Waals surface area contributed by atoms with Crippen LogP contribution in [0.3, 0.4) is 0 Å². The topological polar surface area (TPSA) is 125 Å². The molecule has 21 heavy (non-hydrogen) atoms. The summed E-state index contributed by atoms with van der Waals surface area (Å²) in [6.45, 7) is 2.04. The lowest BCUT2D eigenvalue weighted by molar-refractivity contribution is -0.160. The molecule has 1 saturated heterocycles. The molecule has 1 unspecified atom stereocenters. The summed E-state index contributed by atoms with van der Waals surface area (Å²) in [5.74, 6) is -0.139. The van der Waals surface area contributed by atoms with Crippen molar-refractivity contribution in [1.82, 2.24) is 4.90 Å². The van der Waals surface area contributed by atoms with Crippen molar-refractivity contribution in [3.8, 4) is 0 Å². The van der Waals surface area contributed by atoms with Crippen LogP contribution in [0.5, 0.6) is 0 Å². The fourth-order valence-electron chi connectivity index (χ4n) is 2.58. The zero-order chi connectivity index (χ0) is 15.6. The van der Waals surface area contributed by atoms with Crippen LogP contribution in [0, 0.1) is 5.92 Å². The van der Waals surface area contributed by atoms with Crippen LogP contribution in [0.15, 0.2) is 15.8 Å². The number of carbonyl (C=O) groups excluding carboxylic acids is 1. The van der Waals surface area contributed by atoms with Gasteiger partial charge in [-0.1, -0.05) is 0 Å². The van der Waals surface area contributed by atoms with Gasteiger partial charge in [0.15, 0.2) is 0 Å². The molecular weight excluding hydrogens is 298 g/mol. The van der Waals surface area contributed by atoms with E-state index in [0.717, 1.165) is 0 Å². The Kier molecular flexibility index (Phi) is 4.73. The van der Waals surface area contributed by atoms with Crippen molar-refractivity contribution in [3.05, 3.63) is 10.8 Å². The summed E-state index contributed by atoms with van der Waals surface area (Å²) in [7, 11) is 0. The molecule has 0 aromatic heterocycles. The standard InChI is InChI=1S/C12H17N3O5S/c1-6(16)9-7-4-8(21-3-2-14-5-13)11(20-12(18)19)15(7)10(9)17/h5-7,9,16H,2-4H2,1H3,(H2,13,14)(H,18,19)/t6?,7-,9-/m1/s1. The molecule has 0 bridgehead atoms. The molecule has 0 radical (unpaired) electrons. The van der Waals surface area contributed by atoms with Gasteiger partial charge in [-0.2, -0.15) is 0 Å². The van der Waals surface area contributed by atoms with E-state index < -0.39 is 18.2 Å². The first-order valence-electron chi connectivity index (χ1n) is 6.45. The number of amides is 1. The lowest BCUT2D eigenvalue weighted by Gasteiger charge is -2.44. The van der Waals surface area contributed by atoms with E-state index in [-0.39, 0.29) is 17.8 Å². The van der Waals surface area contributed by atoms with Gasteiger partial charge in [0.2, 0.25) is 11.8 Å². The van der Waals surface area contributed by atoms with E-state index in [1.807, 2.05) is 0 Å². The number of rotatable bonds is 6. The molecular formula is C12H17N3O5S. The van der Waals surface area contributed by atoms with Crippen molar-refractivity contribution in [2.24, 2.45) is 16.6 Å². The van der Waals surface area contributed by atoms with Gasteiger partial charge >= 0.3 is 6.16 Å². The summed E-state index contributed by atoms with van der Waals surface area (Å²) >= 11 is 1.38. The van der Waals surface area contributed by atoms with Crippen molar-refractivity contribution in [2.75, 3.05) is 12.3 Å². The Labute approximate surface area is 125 Å². The molecule has 1 amide bonds. The van der Waals surface area contributed by atoms with Crippen LogP contribution in [-0.2, 0) is 9.53 Å². The maximum Gasteiger partial charge on any atom is 0.512 e. The zero-order valence-corrected chi connectivity index (χ0v) is 12.2. The number of ether oxygens (including phenoxy) is 1. The summed E-state index contributed by atoms with van der Waals surface area (Å²) in [6.07, 6.45) is -0.535. The van der Waals surface area contributed by atoms with E-state index in [9.17, 15) is 14.7 Å². The van der Waals surface area contributed by atoms with Crippen molar-refractivity contribution in [1.29, 1.82) is 0 Å². The van der Waals surface area contributed by atoms with E-state index in [2.05, 4.69) is 4.99 Å². The highest BCUT2D eigenvalue weighted by molar-refractivity contribution is 8.03. The maximum absolute atomic E-state index is 12.0. The number of β-lactam (4-membered cyclic amide) rings is 1. The summed E-state index contributed by atoms with van der Waals surface area (Å²) < 4.78 is 4.75. The van der Waals surface area contributed by atoms with Gasteiger partial charge in [-0.3, -0.25) is 14.7 Å². The molecule has 0 aromatic rings. The lowest BCUT2D eigenvalue weighted by Crippen LogP contribution is -2.61. The molecule has 2 aliphatic rings. The Balaban J connectivity index is 2.10. The average molecular weight is 315 g/mol. The quantitative estimate of drug-likeness (QED) is 0.210. The Morgan fingerprint density at radius 2 is 2.43 bits per heavy atom. The van der Waals surface area contributed by atoms with Crippen LogP contribution in [-0.4, -0.2) is 58.0 Å². The zero-order valence-electron chi connectivity index (χ0n) is 11.4. The number of thioether (sulfide) groups is 1. The summed E-state index contributed by atoms with van der Waals surface area (Å²) in [4.78, 5) is 28.7. The average Bonchev–Trinajstić information content (AvgIpc) is 2.67. The van der Waals surface area contributed by atoms with Gasteiger partial charge in [-0.25, -0.2) is 4.79 Å². The van der Waals surface area contributed by atoms with Gasteiger partial charge in [0, 0.05) is 17.1 Å².